The Morgan fingerprint density at radius 3 is 2.63 bits per heavy atom. The monoisotopic (exact) mass is 281 g/mol. The molecule has 0 amide bonds. The molecule has 4 rings (SSSR count). The van der Waals surface area contributed by atoms with Gasteiger partial charge >= 0.3 is 0 Å². The molecule has 1 atom stereocenters. The zero-order valence-corrected chi connectivity index (χ0v) is 11.3. The van der Waals surface area contributed by atoms with Crippen LogP contribution in [0.4, 0.5) is 0 Å². The molecule has 2 heterocycles. The van der Waals surface area contributed by atoms with Gasteiger partial charge in [-0.2, -0.15) is 0 Å². The van der Waals surface area contributed by atoms with Gasteiger partial charge in [-0.15, -0.1) is 0 Å². The number of fused-ring (bicyclic) bond motifs is 1. The average molecular weight is 282 g/mol. The number of nitrogens with one attached hydrogen (secondary N) is 1. The smallest absolute Gasteiger partial charge is 0.251 e. The molecular weight excluding hydrogens is 266 g/mol. The molecule has 19 heavy (non-hydrogen) atoms. The van der Waals surface area contributed by atoms with E-state index in [4.69, 9.17) is 25.8 Å². The van der Waals surface area contributed by atoms with E-state index in [0.717, 1.165) is 49.4 Å². The quantitative estimate of drug-likeness (QED) is 0.859. The van der Waals surface area contributed by atoms with Gasteiger partial charge in [-0.05, 0) is 12.5 Å². The van der Waals surface area contributed by atoms with Crippen LogP contribution in [0.25, 0.3) is 0 Å². The van der Waals surface area contributed by atoms with Gasteiger partial charge in [0.05, 0.1) is 17.7 Å². The summed E-state index contributed by atoms with van der Waals surface area (Å²) < 4.78 is 17.6. The highest BCUT2D eigenvalue weighted by Crippen LogP contribution is 2.50. The second kappa shape index (κ2) is 4.27. The second-order valence-electron chi connectivity index (χ2n) is 5.35. The number of hydrogen-bond donors (Lipinski definition) is 1. The van der Waals surface area contributed by atoms with Crippen molar-refractivity contribution in [3.8, 4) is 11.5 Å². The summed E-state index contributed by atoms with van der Waals surface area (Å²) in [7, 11) is 0. The van der Waals surface area contributed by atoms with Crippen LogP contribution >= 0.6 is 11.6 Å². The predicted molar refractivity (Wildman–Crippen MR) is 70.9 cm³/mol. The van der Waals surface area contributed by atoms with Crippen LogP contribution in [0.5, 0.6) is 11.5 Å². The summed E-state index contributed by atoms with van der Waals surface area (Å²) in [5, 5.41) is 4.00. The third-order valence-electron chi connectivity index (χ3n) is 4.04. The van der Waals surface area contributed by atoms with E-state index in [-0.39, 0.29) is 6.10 Å². The molecule has 2 fully saturated rings. The number of morpholine rings is 1. The molecule has 1 aromatic carbocycles. The molecule has 5 heteroatoms. The summed E-state index contributed by atoms with van der Waals surface area (Å²) >= 11 is 6.35. The van der Waals surface area contributed by atoms with Crippen molar-refractivity contribution < 1.29 is 14.2 Å². The number of hydrogen-bond acceptors (Lipinski definition) is 4. The molecule has 1 aliphatic carbocycles. The van der Waals surface area contributed by atoms with Gasteiger partial charge in [0, 0.05) is 37.6 Å². The van der Waals surface area contributed by atoms with Crippen molar-refractivity contribution in [1.29, 1.82) is 0 Å². The number of benzene rings is 1. The largest absolute Gasteiger partial charge is 0.448 e. The summed E-state index contributed by atoms with van der Waals surface area (Å²) in [6.45, 7) is 2.38. The topological polar surface area (TPSA) is 39.7 Å². The number of rotatable bonds is 1. The van der Waals surface area contributed by atoms with Crippen molar-refractivity contribution in [3.05, 3.63) is 22.7 Å². The first-order valence-electron chi connectivity index (χ1n) is 6.80. The van der Waals surface area contributed by atoms with Crippen LogP contribution in [-0.2, 0) is 4.74 Å². The van der Waals surface area contributed by atoms with E-state index in [0.29, 0.717) is 11.6 Å². The summed E-state index contributed by atoms with van der Waals surface area (Å²) in [6, 6.07) is 3.83. The fourth-order valence-electron chi connectivity index (χ4n) is 2.81. The SMILES string of the molecule is Clc1cc2c(cc1C1CNCCO1)OC1(CCC1)O2. The predicted octanol–water partition coefficient (Wildman–Crippen LogP) is 2.65. The first kappa shape index (κ1) is 11.8. The number of halogens is 1. The lowest BCUT2D eigenvalue weighted by Gasteiger charge is -2.35. The molecule has 0 radical (unpaired) electrons. The molecule has 2 aliphatic heterocycles. The van der Waals surface area contributed by atoms with E-state index in [2.05, 4.69) is 5.32 Å². The van der Waals surface area contributed by atoms with Gasteiger partial charge in [-0.1, -0.05) is 11.6 Å². The standard InChI is InChI=1S/C14H16ClNO3/c15-10-7-12-11(18-14(19-12)2-1-3-14)6-9(10)13-8-16-4-5-17-13/h6-7,13,16H,1-5,8H2. The van der Waals surface area contributed by atoms with Crippen molar-refractivity contribution in [2.45, 2.75) is 31.2 Å². The van der Waals surface area contributed by atoms with Gasteiger partial charge in [0.15, 0.2) is 11.5 Å². The zero-order valence-electron chi connectivity index (χ0n) is 10.6. The van der Waals surface area contributed by atoms with Crippen molar-refractivity contribution in [3.63, 3.8) is 0 Å². The molecular formula is C14H16ClNO3. The van der Waals surface area contributed by atoms with Crippen LogP contribution in [-0.4, -0.2) is 25.5 Å². The van der Waals surface area contributed by atoms with Gasteiger partial charge in [0.2, 0.25) is 0 Å². The second-order valence-corrected chi connectivity index (χ2v) is 5.76. The lowest BCUT2D eigenvalue weighted by molar-refractivity contribution is -0.138. The highest BCUT2D eigenvalue weighted by atomic mass is 35.5. The van der Waals surface area contributed by atoms with Crippen molar-refractivity contribution in [2.75, 3.05) is 19.7 Å². The molecule has 1 N–H and O–H groups in total. The number of ether oxygens (including phenoxy) is 3. The fraction of sp³-hybridized carbons (Fsp3) is 0.571. The Hall–Kier alpha value is -0.970. The summed E-state index contributed by atoms with van der Waals surface area (Å²) in [5.41, 5.74) is 0.979. The molecule has 1 aromatic rings. The Balaban J connectivity index is 1.65. The van der Waals surface area contributed by atoms with Gasteiger partial charge in [-0.25, -0.2) is 0 Å². The maximum absolute atomic E-state index is 6.35. The minimum absolute atomic E-state index is 0.00640. The van der Waals surface area contributed by atoms with Crippen LogP contribution in [0.1, 0.15) is 30.9 Å². The first-order chi connectivity index (χ1) is 9.26. The molecule has 1 saturated heterocycles. The van der Waals surface area contributed by atoms with Gasteiger partial charge in [0.25, 0.3) is 5.79 Å². The minimum atomic E-state index is -0.407. The van der Waals surface area contributed by atoms with Crippen LogP contribution in [0.15, 0.2) is 12.1 Å². The van der Waals surface area contributed by atoms with Gasteiger partial charge in [-0.3, -0.25) is 0 Å². The Bertz CT molecular complexity index is 510. The molecule has 0 aromatic heterocycles. The third-order valence-corrected chi connectivity index (χ3v) is 4.37. The van der Waals surface area contributed by atoms with E-state index in [1.54, 1.807) is 0 Å². The normalized spacial score (nSPS) is 27.3. The molecule has 1 unspecified atom stereocenters. The van der Waals surface area contributed by atoms with Crippen molar-refractivity contribution in [2.24, 2.45) is 0 Å². The maximum atomic E-state index is 6.35. The van der Waals surface area contributed by atoms with E-state index >= 15 is 0 Å². The molecule has 4 nitrogen and oxygen atoms in total. The van der Waals surface area contributed by atoms with E-state index in [1.165, 1.54) is 0 Å². The Morgan fingerprint density at radius 1 is 1.21 bits per heavy atom. The van der Waals surface area contributed by atoms with Crippen molar-refractivity contribution >= 4 is 11.6 Å². The van der Waals surface area contributed by atoms with Crippen molar-refractivity contribution in [1.82, 2.24) is 5.32 Å². The van der Waals surface area contributed by atoms with Crippen LogP contribution in [0.3, 0.4) is 0 Å². The molecule has 102 valence electrons. The molecule has 3 aliphatic rings. The fourth-order valence-corrected chi connectivity index (χ4v) is 3.09. The van der Waals surface area contributed by atoms with E-state index < -0.39 is 5.79 Å². The van der Waals surface area contributed by atoms with Crippen LogP contribution < -0.4 is 14.8 Å². The Kier molecular flexibility index (Phi) is 2.65. The highest BCUT2D eigenvalue weighted by molar-refractivity contribution is 6.31. The molecule has 1 spiro atoms. The summed E-state index contributed by atoms with van der Waals surface area (Å²) in [5.74, 6) is 1.15. The Labute approximate surface area is 117 Å². The van der Waals surface area contributed by atoms with Gasteiger partial charge in [0.1, 0.15) is 0 Å². The van der Waals surface area contributed by atoms with E-state index in [9.17, 15) is 0 Å². The van der Waals surface area contributed by atoms with E-state index in [1.807, 2.05) is 12.1 Å². The van der Waals surface area contributed by atoms with Crippen LogP contribution in [0.2, 0.25) is 5.02 Å². The first-order valence-corrected chi connectivity index (χ1v) is 7.17. The lowest BCUT2D eigenvalue weighted by Crippen LogP contribution is -2.45. The third kappa shape index (κ3) is 1.90. The molecule has 1 saturated carbocycles. The molecule has 0 bridgehead atoms. The summed E-state index contributed by atoms with van der Waals surface area (Å²) in [4.78, 5) is 0. The maximum Gasteiger partial charge on any atom is 0.251 e. The Morgan fingerprint density at radius 2 is 2.00 bits per heavy atom. The van der Waals surface area contributed by atoms with Crippen LogP contribution in [0, 0.1) is 0 Å². The lowest BCUT2D eigenvalue weighted by atomic mass is 9.91. The summed E-state index contributed by atoms with van der Waals surface area (Å²) in [6.07, 6.45) is 3.06. The zero-order chi connectivity index (χ0) is 12.9. The highest BCUT2D eigenvalue weighted by Gasteiger charge is 2.47. The average Bonchev–Trinajstić information content (AvgIpc) is 2.77. The minimum Gasteiger partial charge on any atom is -0.448 e. The van der Waals surface area contributed by atoms with Gasteiger partial charge < -0.3 is 19.5 Å².